The van der Waals surface area contributed by atoms with E-state index < -0.39 is 6.10 Å². The molecule has 1 aliphatic rings. The number of ether oxygens (including phenoxy) is 1. The molecule has 1 atom stereocenters. The number of hydrogen-bond donors (Lipinski definition) is 1. The maximum atomic E-state index is 13.6. The minimum atomic E-state index is -0.626. The summed E-state index contributed by atoms with van der Waals surface area (Å²) in [5.41, 5.74) is 1.94. The van der Waals surface area contributed by atoms with Crippen molar-refractivity contribution in [3.8, 4) is 5.75 Å². The number of aromatic nitrogens is 1. The SMILES string of the molecule is OC(COc1cccc2cnccc12)CN1CCN(C(c2ccc(F)cc2)c2ccc(F)cc2)CC1. The first-order valence-electron chi connectivity index (χ1n) is 12.2. The number of piperazine rings is 1. The average Bonchev–Trinajstić information content (AvgIpc) is 2.91. The Balaban J connectivity index is 1.19. The molecule has 1 unspecified atom stereocenters. The lowest BCUT2D eigenvalue weighted by Crippen LogP contribution is -2.50. The number of β-amino-alcohol motifs (C(OH)–C–C–N with tert-alkyl or cyclic N) is 1. The third-order valence-corrected chi connectivity index (χ3v) is 6.68. The Labute approximate surface area is 209 Å². The normalized spacial score (nSPS) is 15.9. The average molecular weight is 490 g/mol. The van der Waals surface area contributed by atoms with Crippen LogP contribution in [0.3, 0.4) is 0 Å². The smallest absolute Gasteiger partial charge is 0.127 e. The van der Waals surface area contributed by atoms with Crippen molar-refractivity contribution in [1.82, 2.24) is 14.8 Å². The molecule has 3 aromatic carbocycles. The topological polar surface area (TPSA) is 48.8 Å². The monoisotopic (exact) mass is 489 g/mol. The van der Waals surface area contributed by atoms with Gasteiger partial charge < -0.3 is 9.84 Å². The Hall–Kier alpha value is -3.39. The third kappa shape index (κ3) is 5.70. The standard InChI is InChI=1S/C29H29F2N3O2/c30-24-8-4-21(5-9-24)29(22-6-10-25(31)11-7-22)34-16-14-33(15-17-34)19-26(35)20-36-28-3-1-2-23-18-32-13-12-27(23)28/h1-13,18,26,29,35H,14-17,19-20H2. The van der Waals surface area contributed by atoms with Crippen molar-refractivity contribution in [2.75, 3.05) is 39.3 Å². The maximum absolute atomic E-state index is 13.6. The van der Waals surface area contributed by atoms with Gasteiger partial charge in [0.15, 0.2) is 0 Å². The zero-order chi connectivity index (χ0) is 24.9. The predicted molar refractivity (Wildman–Crippen MR) is 136 cm³/mol. The minimum Gasteiger partial charge on any atom is -0.490 e. The number of aliphatic hydroxyl groups is 1. The highest BCUT2D eigenvalue weighted by Gasteiger charge is 2.27. The van der Waals surface area contributed by atoms with E-state index in [1.165, 1.54) is 24.3 Å². The molecule has 0 aliphatic carbocycles. The summed E-state index contributed by atoms with van der Waals surface area (Å²) in [5.74, 6) is 0.177. The lowest BCUT2D eigenvalue weighted by molar-refractivity contribution is 0.0404. The predicted octanol–water partition coefficient (Wildman–Crippen LogP) is 4.66. The van der Waals surface area contributed by atoms with Crippen LogP contribution in [0.5, 0.6) is 5.75 Å². The van der Waals surface area contributed by atoms with Crippen LogP contribution in [-0.2, 0) is 0 Å². The highest BCUT2D eigenvalue weighted by molar-refractivity contribution is 5.87. The van der Waals surface area contributed by atoms with E-state index in [1.807, 2.05) is 24.3 Å². The fraction of sp³-hybridized carbons (Fsp3) is 0.276. The van der Waals surface area contributed by atoms with E-state index in [2.05, 4.69) is 14.8 Å². The van der Waals surface area contributed by atoms with Crippen LogP contribution in [0.1, 0.15) is 17.2 Å². The third-order valence-electron chi connectivity index (χ3n) is 6.68. The van der Waals surface area contributed by atoms with Crippen LogP contribution in [0.15, 0.2) is 85.2 Å². The summed E-state index contributed by atoms with van der Waals surface area (Å²) in [6, 6.07) is 20.6. The van der Waals surface area contributed by atoms with Crippen LogP contribution in [0.25, 0.3) is 10.8 Å². The lowest BCUT2D eigenvalue weighted by Gasteiger charge is -2.40. The number of fused-ring (bicyclic) bond motifs is 1. The van der Waals surface area contributed by atoms with Gasteiger partial charge in [0.2, 0.25) is 0 Å². The molecule has 1 N–H and O–H groups in total. The molecule has 0 amide bonds. The molecule has 186 valence electrons. The quantitative estimate of drug-likeness (QED) is 0.390. The molecule has 0 bridgehead atoms. The van der Waals surface area contributed by atoms with Gasteiger partial charge in [-0.05, 0) is 47.5 Å². The van der Waals surface area contributed by atoms with Gasteiger partial charge in [-0.25, -0.2) is 8.78 Å². The number of pyridine rings is 1. The second-order valence-electron chi connectivity index (χ2n) is 9.16. The zero-order valence-corrected chi connectivity index (χ0v) is 19.9. The summed E-state index contributed by atoms with van der Waals surface area (Å²) in [5, 5.41) is 12.6. The molecule has 5 rings (SSSR count). The number of hydrogen-bond acceptors (Lipinski definition) is 5. The number of aliphatic hydroxyl groups excluding tert-OH is 1. The van der Waals surface area contributed by atoms with E-state index in [-0.39, 0.29) is 24.3 Å². The number of nitrogens with zero attached hydrogens (tertiary/aromatic N) is 3. The summed E-state index contributed by atoms with van der Waals surface area (Å²) in [6.45, 7) is 3.80. The largest absolute Gasteiger partial charge is 0.490 e. The van der Waals surface area contributed by atoms with Crippen molar-refractivity contribution in [1.29, 1.82) is 0 Å². The van der Waals surface area contributed by atoms with E-state index in [9.17, 15) is 13.9 Å². The number of benzene rings is 3. The van der Waals surface area contributed by atoms with Gasteiger partial charge in [0, 0.05) is 55.9 Å². The van der Waals surface area contributed by atoms with Gasteiger partial charge in [-0.2, -0.15) is 0 Å². The number of halogens is 2. The molecule has 1 aromatic heterocycles. The molecule has 7 heteroatoms. The van der Waals surface area contributed by atoms with Crippen LogP contribution in [0.4, 0.5) is 8.78 Å². The summed E-state index contributed by atoms with van der Waals surface area (Å²) in [6.07, 6.45) is 2.90. The summed E-state index contributed by atoms with van der Waals surface area (Å²) >= 11 is 0. The van der Waals surface area contributed by atoms with Crippen molar-refractivity contribution in [3.63, 3.8) is 0 Å². The Morgan fingerprint density at radius 2 is 1.47 bits per heavy atom. The van der Waals surface area contributed by atoms with Gasteiger partial charge in [0.25, 0.3) is 0 Å². The molecule has 0 saturated carbocycles. The second kappa shape index (κ2) is 11.1. The van der Waals surface area contributed by atoms with E-state index in [1.54, 1.807) is 36.7 Å². The fourth-order valence-corrected chi connectivity index (χ4v) is 4.86. The van der Waals surface area contributed by atoms with Gasteiger partial charge in [-0.15, -0.1) is 0 Å². The first-order chi connectivity index (χ1) is 17.6. The molecular weight excluding hydrogens is 460 g/mol. The number of rotatable bonds is 8. The first-order valence-corrected chi connectivity index (χ1v) is 12.2. The van der Waals surface area contributed by atoms with Crippen LogP contribution in [-0.4, -0.2) is 65.3 Å². The van der Waals surface area contributed by atoms with Gasteiger partial charge in [-0.1, -0.05) is 36.4 Å². The van der Waals surface area contributed by atoms with E-state index in [4.69, 9.17) is 4.74 Å². The molecule has 0 spiro atoms. The molecule has 0 radical (unpaired) electrons. The van der Waals surface area contributed by atoms with Gasteiger partial charge in [0.1, 0.15) is 30.1 Å². The minimum absolute atomic E-state index is 0.0949. The van der Waals surface area contributed by atoms with Crippen molar-refractivity contribution < 1.29 is 18.6 Å². The zero-order valence-electron chi connectivity index (χ0n) is 19.9. The Kier molecular flexibility index (Phi) is 7.51. The Morgan fingerprint density at radius 3 is 2.11 bits per heavy atom. The van der Waals surface area contributed by atoms with Crippen LogP contribution < -0.4 is 4.74 Å². The van der Waals surface area contributed by atoms with Crippen LogP contribution >= 0.6 is 0 Å². The maximum Gasteiger partial charge on any atom is 0.127 e. The molecule has 1 aliphatic heterocycles. The van der Waals surface area contributed by atoms with E-state index in [0.29, 0.717) is 6.54 Å². The second-order valence-corrected chi connectivity index (χ2v) is 9.16. The van der Waals surface area contributed by atoms with Gasteiger partial charge in [0.05, 0.1) is 6.04 Å². The molecular formula is C29H29F2N3O2. The Bertz CT molecular complexity index is 1230. The highest BCUT2D eigenvalue weighted by atomic mass is 19.1. The van der Waals surface area contributed by atoms with Gasteiger partial charge >= 0.3 is 0 Å². The highest BCUT2D eigenvalue weighted by Crippen LogP contribution is 2.30. The summed E-state index contributed by atoms with van der Waals surface area (Å²) in [7, 11) is 0. The molecule has 2 heterocycles. The van der Waals surface area contributed by atoms with Gasteiger partial charge in [-0.3, -0.25) is 14.8 Å². The van der Waals surface area contributed by atoms with Crippen molar-refractivity contribution >= 4 is 10.8 Å². The molecule has 1 saturated heterocycles. The molecule has 5 nitrogen and oxygen atoms in total. The lowest BCUT2D eigenvalue weighted by atomic mass is 9.96. The van der Waals surface area contributed by atoms with Crippen molar-refractivity contribution in [2.24, 2.45) is 0 Å². The van der Waals surface area contributed by atoms with Crippen LogP contribution in [0, 0.1) is 11.6 Å². The molecule has 36 heavy (non-hydrogen) atoms. The van der Waals surface area contributed by atoms with E-state index >= 15 is 0 Å². The fourth-order valence-electron chi connectivity index (χ4n) is 4.86. The van der Waals surface area contributed by atoms with Crippen molar-refractivity contribution in [2.45, 2.75) is 12.1 Å². The van der Waals surface area contributed by atoms with E-state index in [0.717, 1.165) is 53.8 Å². The molecule has 4 aromatic rings. The Morgan fingerprint density at radius 1 is 0.833 bits per heavy atom. The molecule has 1 fully saturated rings. The van der Waals surface area contributed by atoms with Crippen LogP contribution in [0.2, 0.25) is 0 Å². The first kappa shape index (κ1) is 24.3. The van der Waals surface area contributed by atoms with Crippen molar-refractivity contribution in [3.05, 3.63) is 108 Å². The summed E-state index contributed by atoms with van der Waals surface area (Å²) < 4.78 is 33.1. The summed E-state index contributed by atoms with van der Waals surface area (Å²) in [4.78, 5) is 8.69.